The molecule has 1 N–H and O–H groups in total. The van der Waals surface area contributed by atoms with E-state index >= 15 is 0 Å². The standard InChI is InChI=1S/C9H8F3NO3/c1-2-16-9(15)4-3-13-8(14)6(10)5(4)7(11)12/h3,7H,2H2,1H3,(H,13,14). The highest BCUT2D eigenvalue weighted by Crippen LogP contribution is 2.24. The molecule has 0 aliphatic rings. The van der Waals surface area contributed by atoms with Gasteiger partial charge in [-0.1, -0.05) is 0 Å². The Kier molecular flexibility index (Phi) is 3.70. The van der Waals surface area contributed by atoms with Gasteiger partial charge in [-0.2, -0.15) is 0 Å². The third-order valence-electron chi connectivity index (χ3n) is 1.79. The Hall–Kier alpha value is -1.79. The van der Waals surface area contributed by atoms with E-state index in [4.69, 9.17) is 0 Å². The highest BCUT2D eigenvalue weighted by molar-refractivity contribution is 5.90. The lowest BCUT2D eigenvalue weighted by atomic mass is 10.1. The number of alkyl halides is 2. The number of aromatic amines is 1. The average Bonchev–Trinajstić information content (AvgIpc) is 2.21. The Labute approximate surface area is 88.0 Å². The van der Waals surface area contributed by atoms with Crippen LogP contribution in [0.3, 0.4) is 0 Å². The molecule has 0 aliphatic heterocycles. The van der Waals surface area contributed by atoms with Gasteiger partial charge in [-0.25, -0.2) is 18.0 Å². The summed E-state index contributed by atoms with van der Waals surface area (Å²) in [7, 11) is 0. The topological polar surface area (TPSA) is 59.2 Å². The van der Waals surface area contributed by atoms with Crippen molar-refractivity contribution in [2.24, 2.45) is 0 Å². The predicted molar refractivity (Wildman–Crippen MR) is 47.9 cm³/mol. The summed E-state index contributed by atoms with van der Waals surface area (Å²) in [4.78, 5) is 23.8. The molecule has 1 heterocycles. The molecule has 0 unspecified atom stereocenters. The Bertz CT molecular complexity index is 456. The van der Waals surface area contributed by atoms with Crippen LogP contribution in [0.15, 0.2) is 11.0 Å². The third-order valence-corrected chi connectivity index (χ3v) is 1.79. The number of hydrogen-bond acceptors (Lipinski definition) is 3. The highest BCUT2D eigenvalue weighted by Gasteiger charge is 2.25. The van der Waals surface area contributed by atoms with Crippen LogP contribution in [-0.4, -0.2) is 17.6 Å². The van der Waals surface area contributed by atoms with Crippen molar-refractivity contribution < 1.29 is 22.7 Å². The first kappa shape index (κ1) is 12.3. The summed E-state index contributed by atoms with van der Waals surface area (Å²) >= 11 is 0. The first-order valence-electron chi connectivity index (χ1n) is 4.35. The number of ether oxygens (including phenoxy) is 1. The largest absolute Gasteiger partial charge is 0.462 e. The van der Waals surface area contributed by atoms with Crippen LogP contribution in [-0.2, 0) is 4.74 Å². The van der Waals surface area contributed by atoms with Gasteiger partial charge in [-0.3, -0.25) is 4.79 Å². The number of pyridine rings is 1. The molecular weight excluding hydrogens is 227 g/mol. The molecule has 0 fully saturated rings. The van der Waals surface area contributed by atoms with Crippen LogP contribution in [0.5, 0.6) is 0 Å². The van der Waals surface area contributed by atoms with Crippen molar-refractivity contribution in [1.29, 1.82) is 0 Å². The molecule has 0 aromatic carbocycles. The lowest BCUT2D eigenvalue weighted by Gasteiger charge is -2.07. The molecule has 0 saturated heterocycles. The van der Waals surface area contributed by atoms with Gasteiger partial charge < -0.3 is 9.72 Å². The number of esters is 1. The fourth-order valence-electron chi connectivity index (χ4n) is 1.11. The quantitative estimate of drug-likeness (QED) is 0.810. The van der Waals surface area contributed by atoms with Gasteiger partial charge in [0.2, 0.25) is 0 Å². The number of H-pyrrole nitrogens is 1. The summed E-state index contributed by atoms with van der Waals surface area (Å²) in [5, 5.41) is 0. The number of aromatic nitrogens is 1. The summed E-state index contributed by atoms with van der Waals surface area (Å²) in [6.07, 6.45) is -2.55. The molecule has 0 radical (unpaired) electrons. The van der Waals surface area contributed by atoms with E-state index in [1.165, 1.54) is 6.92 Å². The second-order valence-electron chi connectivity index (χ2n) is 2.78. The monoisotopic (exact) mass is 235 g/mol. The SMILES string of the molecule is CCOC(=O)c1c[nH]c(=O)c(F)c1C(F)F. The summed E-state index contributed by atoms with van der Waals surface area (Å²) in [6.45, 7) is 1.43. The number of nitrogens with one attached hydrogen (secondary N) is 1. The van der Waals surface area contributed by atoms with Crippen LogP contribution in [0.2, 0.25) is 0 Å². The van der Waals surface area contributed by atoms with E-state index in [9.17, 15) is 22.8 Å². The zero-order chi connectivity index (χ0) is 12.3. The third kappa shape index (κ3) is 2.23. The molecule has 0 spiro atoms. The summed E-state index contributed by atoms with van der Waals surface area (Å²) in [6, 6.07) is 0. The van der Waals surface area contributed by atoms with Crippen molar-refractivity contribution in [2.45, 2.75) is 13.3 Å². The lowest BCUT2D eigenvalue weighted by molar-refractivity contribution is 0.0512. The maximum absolute atomic E-state index is 13.1. The molecule has 0 bridgehead atoms. The summed E-state index contributed by atoms with van der Waals surface area (Å²) in [5.41, 5.74) is -3.21. The Morgan fingerprint density at radius 2 is 2.19 bits per heavy atom. The van der Waals surface area contributed by atoms with E-state index in [0.717, 1.165) is 0 Å². The van der Waals surface area contributed by atoms with E-state index < -0.39 is 34.9 Å². The van der Waals surface area contributed by atoms with Crippen molar-refractivity contribution in [2.75, 3.05) is 6.61 Å². The lowest BCUT2D eigenvalue weighted by Crippen LogP contribution is -2.19. The second-order valence-corrected chi connectivity index (χ2v) is 2.78. The van der Waals surface area contributed by atoms with Crippen LogP contribution in [0.1, 0.15) is 29.3 Å². The zero-order valence-corrected chi connectivity index (χ0v) is 8.22. The van der Waals surface area contributed by atoms with Gasteiger partial charge in [0.1, 0.15) is 0 Å². The summed E-state index contributed by atoms with van der Waals surface area (Å²) < 4.78 is 42.5. The first-order chi connectivity index (χ1) is 7.49. The first-order valence-corrected chi connectivity index (χ1v) is 4.35. The Morgan fingerprint density at radius 3 is 2.69 bits per heavy atom. The highest BCUT2D eigenvalue weighted by atomic mass is 19.3. The molecule has 0 amide bonds. The molecule has 4 nitrogen and oxygen atoms in total. The molecular formula is C9H8F3NO3. The van der Waals surface area contributed by atoms with Crippen molar-refractivity contribution in [3.8, 4) is 0 Å². The van der Waals surface area contributed by atoms with Gasteiger partial charge in [0.15, 0.2) is 5.82 Å². The molecule has 0 aliphatic carbocycles. The fourth-order valence-corrected chi connectivity index (χ4v) is 1.11. The van der Waals surface area contributed by atoms with Gasteiger partial charge in [0, 0.05) is 6.20 Å². The van der Waals surface area contributed by atoms with Gasteiger partial charge in [0.25, 0.3) is 12.0 Å². The van der Waals surface area contributed by atoms with Crippen molar-refractivity contribution >= 4 is 5.97 Å². The van der Waals surface area contributed by atoms with Crippen molar-refractivity contribution in [3.05, 3.63) is 33.5 Å². The Balaban J connectivity index is 3.34. The maximum Gasteiger partial charge on any atom is 0.340 e. The molecule has 0 saturated carbocycles. The average molecular weight is 235 g/mol. The van der Waals surface area contributed by atoms with Crippen LogP contribution in [0, 0.1) is 5.82 Å². The molecule has 88 valence electrons. The minimum absolute atomic E-state index is 0.0394. The van der Waals surface area contributed by atoms with Crippen LogP contribution in [0.25, 0.3) is 0 Å². The van der Waals surface area contributed by atoms with E-state index in [1.54, 1.807) is 0 Å². The van der Waals surface area contributed by atoms with E-state index in [-0.39, 0.29) is 6.61 Å². The van der Waals surface area contributed by atoms with Gasteiger partial charge in [0.05, 0.1) is 17.7 Å². The van der Waals surface area contributed by atoms with E-state index in [2.05, 4.69) is 4.74 Å². The smallest absolute Gasteiger partial charge is 0.340 e. The minimum Gasteiger partial charge on any atom is -0.462 e. The fraction of sp³-hybridized carbons (Fsp3) is 0.333. The molecule has 1 rings (SSSR count). The molecule has 16 heavy (non-hydrogen) atoms. The number of carbonyl (C=O) groups is 1. The number of halogens is 3. The van der Waals surface area contributed by atoms with Crippen LogP contribution >= 0.6 is 0 Å². The maximum atomic E-state index is 13.1. The zero-order valence-electron chi connectivity index (χ0n) is 8.22. The molecule has 1 aromatic rings. The number of carbonyl (C=O) groups excluding carboxylic acids is 1. The van der Waals surface area contributed by atoms with Gasteiger partial charge >= 0.3 is 5.97 Å². The molecule has 0 atom stereocenters. The van der Waals surface area contributed by atoms with Crippen LogP contribution in [0.4, 0.5) is 13.2 Å². The Morgan fingerprint density at radius 1 is 1.56 bits per heavy atom. The number of hydrogen-bond donors (Lipinski definition) is 1. The second kappa shape index (κ2) is 4.82. The van der Waals surface area contributed by atoms with Crippen molar-refractivity contribution in [1.82, 2.24) is 4.98 Å². The number of rotatable bonds is 3. The molecule has 1 aromatic heterocycles. The minimum atomic E-state index is -3.26. The summed E-state index contributed by atoms with van der Waals surface area (Å²) in [5.74, 6) is -2.77. The van der Waals surface area contributed by atoms with Crippen molar-refractivity contribution in [3.63, 3.8) is 0 Å². The van der Waals surface area contributed by atoms with Gasteiger partial charge in [-0.15, -0.1) is 0 Å². The normalized spacial score (nSPS) is 10.6. The molecule has 7 heteroatoms. The van der Waals surface area contributed by atoms with Gasteiger partial charge in [-0.05, 0) is 6.92 Å². The predicted octanol–water partition coefficient (Wildman–Crippen LogP) is 1.63. The van der Waals surface area contributed by atoms with E-state index in [0.29, 0.717) is 6.20 Å². The van der Waals surface area contributed by atoms with E-state index in [1.807, 2.05) is 4.98 Å². The van der Waals surface area contributed by atoms with Crippen LogP contribution < -0.4 is 5.56 Å².